The normalized spacial score (nSPS) is 17.0. The van der Waals surface area contributed by atoms with E-state index in [0.717, 1.165) is 11.6 Å². The molecular weight excluding hydrogens is 348 g/mol. The SMILES string of the molecule is COc1ccc(OC)c(C2SCC(=O)N2Cc2ccc(F)cc2F)c1. The average molecular weight is 365 g/mol. The topological polar surface area (TPSA) is 38.8 Å². The molecule has 1 atom stereocenters. The number of nitrogens with zero attached hydrogens (tertiary/aromatic N) is 1. The number of benzene rings is 2. The lowest BCUT2D eigenvalue weighted by Gasteiger charge is -2.26. The van der Waals surface area contributed by atoms with Crippen LogP contribution in [-0.4, -0.2) is 30.8 Å². The Balaban J connectivity index is 1.94. The average Bonchev–Trinajstić information content (AvgIpc) is 2.97. The fraction of sp³-hybridized carbons (Fsp3) is 0.278. The van der Waals surface area contributed by atoms with E-state index in [0.29, 0.717) is 11.5 Å². The quantitative estimate of drug-likeness (QED) is 0.809. The lowest BCUT2D eigenvalue weighted by atomic mass is 10.1. The fourth-order valence-electron chi connectivity index (χ4n) is 2.75. The number of amides is 1. The van der Waals surface area contributed by atoms with Gasteiger partial charge in [0.25, 0.3) is 0 Å². The van der Waals surface area contributed by atoms with Gasteiger partial charge in [-0.25, -0.2) is 8.78 Å². The molecule has 132 valence electrons. The van der Waals surface area contributed by atoms with Crippen molar-refractivity contribution in [3.63, 3.8) is 0 Å². The summed E-state index contributed by atoms with van der Waals surface area (Å²) in [6.07, 6.45) is 0. The van der Waals surface area contributed by atoms with Gasteiger partial charge in [0.1, 0.15) is 28.5 Å². The smallest absolute Gasteiger partial charge is 0.234 e. The van der Waals surface area contributed by atoms with E-state index in [-0.39, 0.29) is 29.1 Å². The highest BCUT2D eigenvalue weighted by molar-refractivity contribution is 8.00. The van der Waals surface area contributed by atoms with Crippen LogP contribution in [0.3, 0.4) is 0 Å². The predicted molar refractivity (Wildman–Crippen MR) is 91.7 cm³/mol. The van der Waals surface area contributed by atoms with Crippen LogP contribution in [0.25, 0.3) is 0 Å². The van der Waals surface area contributed by atoms with E-state index in [2.05, 4.69) is 0 Å². The number of hydrogen-bond acceptors (Lipinski definition) is 4. The van der Waals surface area contributed by atoms with Crippen molar-refractivity contribution in [1.82, 2.24) is 4.90 Å². The van der Waals surface area contributed by atoms with E-state index in [1.54, 1.807) is 31.3 Å². The van der Waals surface area contributed by atoms with E-state index in [9.17, 15) is 13.6 Å². The molecule has 0 bridgehead atoms. The van der Waals surface area contributed by atoms with Crippen molar-refractivity contribution < 1.29 is 23.0 Å². The largest absolute Gasteiger partial charge is 0.497 e. The maximum absolute atomic E-state index is 14.0. The summed E-state index contributed by atoms with van der Waals surface area (Å²) in [6.45, 7) is 0.0585. The first kappa shape index (κ1) is 17.5. The highest BCUT2D eigenvalue weighted by Crippen LogP contribution is 2.44. The minimum atomic E-state index is -0.666. The molecule has 1 heterocycles. The van der Waals surface area contributed by atoms with E-state index < -0.39 is 11.6 Å². The Labute approximate surface area is 148 Å². The van der Waals surface area contributed by atoms with Gasteiger partial charge in [0.15, 0.2) is 0 Å². The molecule has 0 aromatic heterocycles. The van der Waals surface area contributed by atoms with Gasteiger partial charge in [-0.3, -0.25) is 4.79 Å². The van der Waals surface area contributed by atoms with Crippen LogP contribution in [0.1, 0.15) is 16.5 Å². The van der Waals surface area contributed by atoms with Gasteiger partial charge in [-0.1, -0.05) is 6.07 Å². The third kappa shape index (κ3) is 3.56. The first-order valence-corrected chi connectivity index (χ1v) is 8.65. The zero-order valence-corrected chi connectivity index (χ0v) is 14.6. The third-order valence-corrected chi connectivity index (χ3v) is 5.26. The summed E-state index contributed by atoms with van der Waals surface area (Å²) in [5.41, 5.74) is 1.05. The molecule has 0 saturated carbocycles. The molecule has 1 saturated heterocycles. The van der Waals surface area contributed by atoms with Crippen LogP contribution in [0, 0.1) is 11.6 Å². The summed E-state index contributed by atoms with van der Waals surface area (Å²) in [6, 6.07) is 8.73. The Morgan fingerprint density at radius 2 is 1.96 bits per heavy atom. The van der Waals surface area contributed by atoms with E-state index in [1.165, 1.54) is 23.9 Å². The fourth-order valence-corrected chi connectivity index (χ4v) is 3.95. The van der Waals surface area contributed by atoms with E-state index in [4.69, 9.17) is 9.47 Å². The maximum Gasteiger partial charge on any atom is 0.234 e. The van der Waals surface area contributed by atoms with Crippen LogP contribution in [-0.2, 0) is 11.3 Å². The lowest BCUT2D eigenvalue weighted by Crippen LogP contribution is -2.28. The number of carbonyl (C=O) groups excluding carboxylic acids is 1. The van der Waals surface area contributed by atoms with Crippen LogP contribution >= 0.6 is 11.8 Å². The maximum atomic E-state index is 14.0. The van der Waals surface area contributed by atoms with Gasteiger partial charge in [-0.2, -0.15) is 0 Å². The monoisotopic (exact) mass is 365 g/mol. The van der Waals surface area contributed by atoms with Crippen molar-refractivity contribution in [3.8, 4) is 11.5 Å². The van der Waals surface area contributed by atoms with Crippen molar-refractivity contribution >= 4 is 17.7 Å². The number of carbonyl (C=O) groups is 1. The number of halogens is 2. The molecule has 0 spiro atoms. The van der Waals surface area contributed by atoms with Crippen LogP contribution in [0.5, 0.6) is 11.5 Å². The Bertz CT molecular complexity index is 800. The summed E-state index contributed by atoms with van der Waals surface area (Å²) in [5, 5.41) is -0.331. The Kier molecular flexibility index (Phi) is 5.13. The van der Waals surface area contributed by atoms with Crippen molar-refractivity contribution in [2.24, 2.45) is 0 Å². The van der Waals surface area contributed by atoms with Gasteiger partial charge >= 0.3 is 0 Å². The molecule has 4 nitrogen and oxygen atoms in total. The minimum absolute atomic E-state index is 0.0585. The van der Waals surface area contributed by atoms with Crippen molar-refractivity contribution in [1.29, 1.82) is 0 Å². The molecule has 2 aromatic rings. The van der Waals surface area contributed by atoms with Gasteiger partial charge in [-0.15, -0.1) is 11.8 Å². The summed E-state index contributed by atoms with van der Waals surface area (Å²) < 4.78 is 37.8. The van der Waals surface area contributed by atoms with E-state index in [1.807, 2.05) is 6.07 Å². The Hall–Kier alpha value is -2.28. The standard InChI is InChI=1S/C18H17F2NO3S/c1-23-13-5-6-16(24-2)14(8-13)18-21(17(22)10-25-18)9-11-3-4-12(19)7-15(11)20/h3-8,18H,9-10H2,1-2H3. The highest BCUT2D eigenvalue weighted by Gasteiger charge is 2.35. The molecule has 1 unspecified atom stereocenters. The summed E-state index contributed by atoms with van der Waals surface area (Å²) in [4.78, 5) is 13.9. The van der Waals surface area contributed by atoms with Gasteiger partial charge in [-0.05, 0) is 24.3 Å². The van der Waals surface area contributed by atoms with Crippen LogP contribution in [0.15, 0.2) is 36.4 Å². The highest BCUT2D eigenvalue weighted by atomic mass is 32.2. The minimum Gasteiger partial charge on any atom is -0.497 e. The molecule has 25 heavy (non-hydrogen) atoms. The molecule has 7 heteroatoms. The third-order valence-electron chi connectivity index (χ3n) is 4.03. The molecule has 1 aliphatic heterocycles. The summed E-state index contributed by atoms with van der Waals surface area (Å²) in [5.74, 6) is 0.133. The summed E-state index contributed by atoms with van der Waals surface area (Å²) in [7, 11) is 3.11. The van der Waals surface area contributed by atoms with Crippen molar-refractivity contribution in [2.75, 3.05) is 20.0 Å². The zero-order valence-electron chi connectivity index (χ0n) is 13.8. The molecule has 0 N–H and O–H groups in total. The zero-order chi connectivity index (χ0) is 18.0. The Morgan fingerprint density at radius 3 is 2.64 bits per heavy atom. The molecular formula is C18H17F2NO3S. The van der Waals surface area contributed by atoms with Crippen LogP contribution in [0.2, 0.25) is 0 Å². The van der Waals surface area contributed by atoms with Gasteiger partial charge in [0.2, 0.25) is 5.91 Å². The van der Waals surface area contributed by atoms with Gasteiger partial charge < -0.3 is 14.4 Å². The van der Waals surface area contributed by atoms with Gasteiger partial charge in [0.05, 0.1) is 26.5 Å². The second kappa shape index (κ2) is 7.31. The molecule has 3 rings (SSSR count). The number of rotatable bonds is 5. The first-order valence-electron chi connectivity index (χ1n) is 7.60. The molecule has 1 fully saturated rings. The van der Waals surface area contributed by atoms with E-state index >= 15 is 0 Å². The second-order valence-corrected chi connectivity index (χ2v) is 6.60. The number of methoxy groups -OCH3 is 2. The molecule has 1 amide bonds. The van der Waals surface area contributed by atoms with Crippen LogP contribution in [0.4, 0.5) is 8.78 Å². The van der Waals surface area contributed by atoms with Crippen molar-refractivity contribution in [3.05, 3.63) is 59.2 Å². The lowest BCUT2D eigenvalue weighted by molar-refractivity contribution is -0.128. The van der Waals surface area contributed by atoms with Gasteiger partial charge in [0, 0.05) is 17.2 Å². The van der Waals surface area contributed by atoms with Crippen LogP contribution < -0.4 is 9.47 Å². The summed E-state index contributed by atoms with van der Waals surface area (Å²) >= 11 is 1.43. The molecule has 1 aliphatic rings. The Morgan fingerprint density at radius 1 is 1.16 bits per heavy atom. The number of thioether (sulfide) groups is 1. The number of ether oxygens (including phenoxy) is 2. The first-order chi connectivity index (χ1) is 12.0. The molecule has 2 aromatic carbocycles. The van der Waals surface area contributed by atoms with Crippen molar-refractivity contribution in [2.45, 2.75) is 11.9 Å². The molecule has 0 radical (unpaired) electrons. The number of hydrogen-bond donors (Lipinski definition) is 0. The predicted octanol–water partition coefficient (Wildman–Crippen LogP) is 3.76. The second-order valence-electron chi connectivity index (χ2n) is 5.53. The molecule has 0 aliphatic carbocycles.